The first-order chi connectivity index (χ1) is 12.1. The van der Waals surface area contributed by atoms with Crippen molar-refractivity contribution in [1.82, 2.24) is 4.98 Å². The van der Waals surface area contributed by atoms with E-state index < -0.39 is 6.10 Å². The van der Waals surface area contributed by atoms with Crippen LogP contribution in [0.2, 0.25) is 0 Å². The lowest BCUT2D eigenvalue weighted by Gasteiger charge is -2.17. The van der Waals surface area contributed by atoms with Crippen molar-refractivity contribution in [2.45, 2.75) is 19.4 Å². The van der Waals surface area contributed by atoms with Crippen molar-refractivity contribution in [1.29, 1.82) is 0 Å². The molecule has 25 heavy (non-hydrogen) atoms. The lowest BCUT2D eigenvalue weighted by atomic mass is 9.99. The second-order valence-electron chi connectivity index (χ2n) is 6.66. The maximum absolute atomic E-state index is 13.2. The Hall–Kier alpha value is -2.88. The molecule has 0 bridgehead atoms. The molecule has 0 spiro atoms. The van der Waals surface area contributed by atoms with E-state index in [1.54, 1.807) is 6.20 Å². The SMILES string of the molecule is C[C@@H]1C[C@H]1C(=O)O[C@H](C(=O)c1c[nH]c2ccccc12)c1ccccc1. The molecule has 3 aromatic rings. The second-order valence-corrected chi connectivity index (χ2v) is 6.66. The highest BCUT2D eigenvalue weighted by molar-refractivity contribution is 6.10. The van der Waals surface area contributed by atoms with Gasteiger partial charge in [-0.2, -0.15) is 0 Å². The zero-order valence-electron chi connectivity index (χ0n) is 13.9. The molecule has 1 N–H and O–H groups in total. The normalized spacial score (nSPS) is 20.2. The summed E-state index contributed by atoms with van der Waals surface area (Å²) in [6.45, 7) is 2.02. The van der Waals surface area contributed by atoms with Gasteiger partial charge >= 0.3 is 5.97 Å². The van der Waals surface area contributed by atoms with Crippen LogP contribution in [0.3, 0.4) is 0 Å². The molecule has 0 radical (unpaired) electrons. The molecule has 4 nitrogen and oxygen atoms in total. The molecule has 3 atom stereocenters. The molecule has 1 aromatic heterocycles. The highest BCUT2D eigenvalue weighted by Gasteiger charge is 2.42. The van der Waals surface area contributed by atoms with E-state index in [9.17, 15) is 9.59 Å². The molecule has 1 saturated carbocycles. The van der Waals surface area contributed by atoms with E-state index in [1.165, 1.54) is 0 Å². The fourth-order valence-electron chi connectivity index (χ4n) is 3.17. The number of para-hydroxylation sites is 1. The van der Waals surface area contributed by atoms with Gasteiger partial charge in [-0.1, -0.05) is 55.5 Å². The Balaban J connectivity index is 1.69. The first-order valence-corrected chi connectivity index (χ1v) is 8.51. The Morgan fingerprint density at radius 1 is 1.08 bits per heavy atom. The van der Waals surface area contributed by atoms with Crippen molar-refractivity contribution < 1.29 is 14.3 Å². The minimum absolute atomic E-state index is 0.0815. The smallest absolute Gasteiger partial charge is 0.310 e. The van der Waals surface area contributed by atoms with E-state index in [0.29, 0.717) is 17.0 Å². The molecule has 4 heteroatoms. The molecule has 0 amide bonds. The summed E-state index contributed by atoms with van der Waals surface area (Å²) >= 11 is 0. The molecule has 4 rings (SSSR count). The third kappa shape index (κ3) is 2.95. The predicted octanol–water partition coefficient (Wildman–Crippen LogP) is 4.29. The highest BCUT2D eigenvalue weighted by atomic mass is 16.5. The van der Waals surface area contributed by atoms with Crippen LogP contribution in [-0.4, -0.2) is 16.7 Å². The number of hydrogen-bond donors (Lipinski definition) is 1. The first kappa shape index (κ1) is 15.6. The number of aromatic amines is 1. The topological polar surface area (TPSA) is 59.2 Å². The number of H-pyrrole nitrogens is 1. The summed E-state index contributed by atoms with van der Waals surface area (Å²) in [6.07, 6.45) is 1.61. The summed E-state index contributed by atoms with van der Waals surface area (Å²) in [6, 6.07) is 16.8. The number of benzene rings is 2. The predicted molar refractivity (Wildman–Crippen MR) is 95.2 cm³/mol. The largest absolute Gasteiger partial charge is 0.449 e. The number of fused-ring (bicyclic) bond motifs is 1. The number of carbonyl (C=O) groups is 2. The van der Waals surface area contributed by atoms with Gasteiger partial charge in [-0.3, -0.25) is 9.59 Å². The van der Waals surface area contributed by atoms with Crippen molar-refractivity contribution in [2.75, 3.05) is 0 Å². The number of rotatable bonds is 5. The second kappa shape index (κ2) is 6.20. The Labute approximate surface area is 145 Å². The lowest BCUT2D eigenvalue weighted by molar-refractivity contribution is -0.149. The molecule has 0 saturated heterocycles. The molecule has 1 heterocycles. The average Bonchev–Trinajstić information content (AvgIpc) is 3.22. The number of ether oxygens (including phenoxy) is 1. The lowest BCUT2D eigenvalue weighted by Crippen LogP contribution is -2.21. The molecule has 0 aliphatic heterocycles. The van der Waals surface area contributed by atoms with Crippen LogP contribution in [0.4, 0.5) is 0 Å². The molecule has 2 aromatic carbocycles. The van der Waals surface area contributed by atoms with Crippen molar-refractivity contribution in [2.24, 2.45) is 11.8 Å². The molecule has 1 aliphatic rings. The Bertz CT molecular complexity index is 928. The minimum Gasteiger partial charge on any atom is -0.449 e. The van der Waals surface area contributed by atoms with Gasteiger partial charge < -0.3 is 9.72 Å². The summed E-state index contributed by atoms with van der Waals surface area (Å²) in [4.78, 5) is 28.6. The van der Waals surface area contributed by atoms with Gasteiger partial charge in [0.15, 0.2) is 6.10 Å². The Kier molecular flexibility index (Phi) is 3.88. The zero-order valence-corrected chi connectivity index (χ0v) is 13.9. The number of hydrogen-bond acceptors (Lipinski definition) is 3. The van der Waals surface area contributed by atoms with Crippen molar-refractivity contribution >= 4 is 22.7 Å². The van der Waals surface area contributed by atoms with Crippen LogP contribution in [0.5, 0.6) is 0 Å². The van der Waals surface area contributed by atoms with Gasteiger partial charge in [0.2, 0.25) is 5.78 Å². The first-order valence-electron chi connectivity index (χ1n) is 8.51. The van der Waals surface area contributed by atoms with E-state index in [-0.39, 0.29) is 17.7 Å². The van der Waals surface area contributed by atoms with Crippen LogP contribution in [0.15, 0.2) is 60.8 Å². The molecular weight excluding hydrogens is 314 g/mol. The molecule has 126 valence electrons. The van der Waals surface area contributed by atoms with Gasteiger partial charge in [0, 0.05) is 28.2 Å². The highest BCUT2D eigenvalue weighted by Crippen LogP contribution is 2.40. The fourth-order valence-corrected chi connectivity index (χ4v) is 3.17. The Morgan fingerprint density at radius 3 is 2.48 bits per heavy atom. The summed E-state index contributed by atoms with van der Waals surface area (Å²) in [5, 5.41) is 0.837. The van der Waals surface area contributed by atoms with Gasteiger partial charge in [-0.05, 0) is 18.4 Å². The summed E-state index contributed by atoms with van der Waals surface area (Å²) in [5.41, 5.74) is 2.13. The van der Waals surface area contributed by atoms with Gasteiger partial charge in [0.25, 0.3) is 0 Å². The van der Waals surface area contributed by atoms with Gasteiger partial charge in [0.05, 0.1) is 5.92 Å². The summed E-state index contributed by atoms with van der Waals surface area (Å²) < 4.78 is 5.66. The van der Waals surface area contributed by atoms with Crippen LogP contribution in [0, 0.1) is 11.8 Å². The fraction of sp³-hybridized carbons (Fsp3) is 0.238. The number of carbonyl (C=O) groups excluding carboxylic acids is 2. The Morgan fingerprint density at radius 2 is 1.76 bits per heavy atom. The summed E-state index contributed by atoms with van der Waals surface area (Å²) in [7, 11) is 0. The number of nitrogens with one attached hydrogen (secondary N) is 1. The van der Waals surface area contributed by atoms with Crippen LogP contribution in [0.25, 0.3) is 10.9 Å². The molecular formula is C21H19NO3. The van der Waals surface area contributed by atoms with Crippen LogP contribution in [-0.2, 0) is 9.53 Å². The van der Waals surface area contributed by atoms with Crippen LogP contribution in [0.1, 0.15) is 35.4 Å². The van der Waals surface area contributed by atoms with Crippen molar-refractivity contribution in [3.05, 3.63) is 71.9 Å². The third-order valence-electron chi connectivity index (χ3n) is 4.84. The van der Waals surface area contributed by atoms with E-state index >= 15 is 0 Å². The van der Waals surface area contributed by atoms with Crippen LogP contribution >= 0.6 is 0 Å². The maximum atomic E-state index is 13.2. The van der Waals surface area contributed by atoms with Crippen molar-refractivity contribution in [3.8, 4) is 0 Å². The van der Waals surface area contributed by atoms with E-state index in [4.69, 9.17) is 4.74 Å². The van der Waals surface area contributed by atoms with Gasteiger partial charge in [0.1, 0.15) is 0 Å². The molecule has 0 unspecified atom stereocenters. The number of esters is 1. The maximum Gasteiger partial charge on any atom is 0.310 e. The average molecular weight is 333 g/mol. The van der Waals surface area contributed by atoms with Crippen LogP contribution < -0.4 is 0 Å². The molecule has 1 fully saturated rings. The quantitative estimate of drug-likeness (QED) is 0.560. The van der Waals surface area contributed by atoms with Crippen molar-refractivity contribution in [3.63, 3.8) is 0 Å². The molecule has 1 aliphatic carbocycles. The van der Waals surface area contributed by atoms with Gasteiger partial charge in [-0.15, -0.1) is 0 Å². The van der Waals surface area contributed by atoms with E-state index in [0.717, 1.165) is 17.3 Å². The summed E-state index contributed by atoms with van der Waals surface area (Å²) in [5.74, 6) is -0.228. The zero-order chi connectivity index (χ0) is 17.4. The monoisotopic (exact) mass is 333 g/mol. The number of Topliss-reactive ketones (excluding diaryl/α,β-unsaturated/α-hetero) is 1. The standard InChI is InChI=1S/C21H19NO3/c1-13-11-16(13)21(24)25-20(14-7-3-2-4-8-14)19(23)17-12-22-18-10-6-5-9-15(17)18/h2-10,12-13,16,20,22H,11H2,1H3/t13-,16-,20+/m1/s1. The number of aromatic nitrogens is 1. The van der Waals surface area contributed by atoms with E-state index in [2.05, 4.69) is 4.98 Å². The number of ketones is 1. The van der Waals surface area contributed by atoms with Gasteiger partial charge in [-0.25, -0.2) is 0 Å². The third-order valence-corrected chi connectivity index (χ3v) is 4.84. The van der Waals surface area contributed by atoms with E-state index in [1.807, 2.05) is 61.5 Å². The minimum atomic E-state index is -0.916.